The van der Waals surface area contributed by atoms with Crippen LogP contribution in [0.2, 0.25) is 0 Å². The summed E-state index contributed by atoms with van der Waals surface area (Å²) >= 11 is 0. The maximum Gasteiger partial charge on any atom is 0.280 e. The Kier molecular flexibility index (Phi) is 1.93. The second-order valence-corrected chi connectivity index (χ2v) is 2.07. The van der Waals surface area contributed by atoms with Gasteiger partial charge in [-0.3, -0.25) is 10.1 Å². The second kappa shape index (κ2) is 2.88. The summed E-state index contributed by atoms with van der Waals surface area (Å²) < 4.78 is 1.65. The Morgan fingerprint density at radius 3 is 3.00 bits per heavy atom. The zero-order chi connectivity index (χ0) is 8.27. The van der Waals surface area contributed by atoms with Crippen molar-refractivity contribution in [2.45, 2.75) is 0 Å². The summed E-state index contributed by atoms with van der Waals surface area (Å²) in [4.78, 5) is 11.0. The van der Waals surface area contributed by atoms with E-state index in [1.54, 1.807) is 36.1 Å². The minimum Gasteiger partial charge on any atom is -0.347 e. The molecule has 1 rings (SSSR count). The maximum atomic E-state index is 11.0. The number of nitrogens with zero attached hydrogens (tertiary/aromatic N) is 2. The molecule has 0 aromatic carbocycles. The van der Waals surface area contributed by atoms with Crippen molar-refractivity contribution in [2.75, 3.05) is 0 Å². The van der Waals surface area contributed by atoms with Gasteiger partial charge in [-0.2, -0.15) is 5.26 Å². The Balaban J connectivity index is 2.86. The summed E-state index contributed by atoms with van der Waals surface area (Å²) in [6, 6.07) is 3.39. The van der Waals surface area contributed by atoms with Crippen molar-refractivity contribution in [3.8, 4) is 6.19 Å². The van der Waals surface area contributed by atoms with Crippen LogP contribution in [0.15, 0.2) is 18.3 Å². The van der Waals surface area contributed by atoms with Crippen LogP contribution in [0.1, 0.15) is 10.5 Å². The van der Waals surface area contributed by atoms with Crippen molar-refractivity contribution < 1.29 is 4.79 Å². The van der Waals surface area contributed by atoms with Gasteiger partial charge in [-0.05, 0) is 12.1 Å². The second-order valence-electron chi connectivity index (χ2n) is 2.07. The molecule has 1 amide bonds. The van der Waals surface area contributed by atoms with Crippen molar-refractivity contribution in [2.24, 2.45) is 7.05 Å². The van der Waals surface area contributed by atoms with Crippen LogP contribution in [-0.4, -0.2) is 10.5 Å². The number of nitriles is 1. The summed E-state index contributed by atoms with van der Waals surface area (Å²) in [5, 5.41) is 10.2. The van der Waals surface area contributed by atoms with E-state index in [2.05, 4.69) is 0 Å². The van der Waals surface area contributed by atoms with Gasteiger partial charge in [0, 0.05) is 13.2 Å². The van der Waals surface area contributed by atoms with Gasteiger partial charge in [0.1, 0.15) is 5.69 Å². The minimum absolute atomic E-state index is 0.375. The molecule has 0 aliphatic carbocycles. The number of carbonyl (C=O) groups is 1. The van der Waals surface area contributed by atoms with Crippen LogP contribution in [-0.2, 0) is 7.05 Å². The van der Waals surface area contributed by atoms with Crippen molar-refractivity contribution in [1.29, 1.82) is 5.26 Å². The normalized spacial score (nSPS) is 8.73. The van der Waals surface area contributed by atoms with Crippen molar-refractivity contribution >= 4 is 5.91 Å². The van der Waals surface area contributed by atoms with Crippen LogP contribution in [0.25, 0.3) is 0 Å². The van der Waals surface area contributed by atoms with Crippen LogP contribution in [0.4, 0.5) is 0 Å². The van der Waals surface area contributed by atoms with Gasteiger partial charge in [-0.25, -0.2) is 0 Å². The number of hydrogen-bond donors (Lipinski definition) is 1. The highest BCUT2D eigenvalue weighted by Crippen LogP contribution is 1.97. The predicted molar refractivity (Wildman–Crippen MR) is 38.5 cm³/mol. The lowest BCUT2D eigenvalue weighted by atomic mass is 10.4. The van der Waals surface area contributed by atoms with Gasteiger partial charge in [-0.1, -0.05) is 0 Å². The van der Waals surface area contributed by atoms with Crippen LogP contribution in [0.3, 0.4) is 0 Å². The molecule has 11 heavy (non-hydrogen) atoms. The monoisotopic (exact) mass is 149 g/mol. The molecule has 0 atom stereocenters. The smallest absolute Gasteiger partial charge is 0.280 e. The Labute approximate surface area is 64.0 Å². The Hall–Kier alpha value is -1.76. The topological polar surface area (TPSA) is 57.8 Å². The molecule has 1 N–H and O–H groups in total. The fraction of sp³-hybridized carbons (Fsp3) is 0.143. The highest BCUT2D eigenvalue weighted by molar-refractivity contribution is 5.93. The van der Waals surface area contributed by atoms with Crippen LogP contribution in [0.5, 0.6) is 0 Å². The van der Waals surface area contributed by atoms with E-state index in [1.807, 2.05) is 5.32 Å². The lowest BCUT2D eigenvalue weighted by Crippen LogP contribution is -2.19. The SMILES string of the molecule is Cn1cccc1C(=O)NC#N. The first-order valence-electron chi connectivity index (χ1n) is 3.06. The van der Waals surface area contributed by atoms with Crippen molar-refractivity contribution in [1.82, 2.24) is 9.88 Å². The Morgan fingerprint density at radius 2 is 2.55 bits per heavy atom. The first-order valence-corrected chi connectivity index (χ1v) is 3.06. The average molecular weight is 149 g/mol. The Morgan fingerprint density at radius 1 is 1.82 bits per heavy atom. The largest absolute Gasteiger partial charge is 0.347 e. The molecule has 0 aliphatic heterocycles. The number of amides is 1. The molecule has 0 aliphatic rings. The molecule has 0 saturated carbocycles. The van der Waals surface area contributed by atoms with Crippen LogP contribution >= 0.6 is 0 Å². The van der Waals surface area contributed by atoms with E-state index in [1.165, 1.54) is 0 Å². The molecule has 0 bridgehead atoms. The van der Waals surface area contributed by atoms with Crippen LogP contribution < -0.4 is 5.32 Å². The number of nitrogens with one attached hydrogen (secondary N) is 1. The van der Waals surface area contributed by atoms with Gasteiger partial charge in [0.05, 0.1) is 0 Å². The van der Waals surface area contributed by atoms with E-state index < -0.39 is 0 Å². The van der Waals surface area contributed by atoms with E-state index in [-0.39, 0.29) is 5.91 Å². The molecule has 0 saturated heterocycles. The molecule has 0 unspecified atom stereocenters. The summed E-state index contributed by atoms with van der Waals surface area (Å²) in [6.45, 7) is 0. The molecule has 1 heterocycles. The van der Waals surface area contributed by atoms with Crippen molar-refractivity contribution in [3.63, 3.8) is 0 Å². The van der Waals surface area contributed by atoms with Gasteiger partial charge in [0.2, 0.25) is 0 Å². The molecule has 0 radical (unpaired) electrons. The summed E-state index contributed by atoms with van der Waals surface area (Å²) in [5.41, 5.74) is 0.478. The summed E-state index contributed by atoms with van der Waals surface area (Å²) in [5.74, 6) is -0.375. The van der Waals surface area contributed by atoms with Gasteiger partial charge in [-0.15, -0.1) is 0 Å². The van der Waals surface area contributed by atoms with Gasteiger partial charge < -0.3 is 4.57 Å². The molecule has 4 heteroatoms. The first kappa shape index (κ1) is 7.35. The minimum atomic E-state index is -0.375. The average Bonchev–Trinajstić information content (AvgIpc) is 2.36. The number of carbonyl (C=O) groups excluding carboxylic acids is 1. The first-order chi connectivity index (χ1) is 5.25. The van der Waals surface area contributed by atoms with E-state index in [9.17, 15) is 4.79 Å². The fourth-order valence-corrected chi connectivity index (χ4v) is 0.812. The van der Waals surface area contributed by atoms with Gasteiger partial charge >= 0.3 is 0 Å². The Bertz CT molecular complexity index is 308. The molecule has 0 fully saturated rings. The van der Waals surface area contributed by atoms with Gasteiger partial charge in [0.15, 0.2) is 6.19 Å². The number of aryl methyl sites for hydroxylation is 1. The zero-order valence-electron chi connectivity index (χ0n) is 6.03. The van der Waals surface area contributed by atoms with Gasteiger partial charge in [0.25, 0.3) is 5.91 Å². The summed E-state index contributed by atoms with van der Waals surface area (Å²) in [6.07, 6.45) is 3.31. The molecule has 0 spiro atoms. The fourth-order valence-electron chi connectivity index (χ4n) is 0.812. The third kappa shape index (κ3) is 1.38. The van der Waals surface area contributed by atoms with Crippen LogP contribution in [0, 0.1) is 11.5 Å². The number of hydrogen-bond acceptors (Lipinski definition) is 2. The lowest BCUT2D eigenvalue weighted by molar-refractivity contribution is 0.0965. The standard InChI is InChI=1S/C7H7N3O/c1-10-4-2-3-6(10)7(11)9-5-8/h2-4H,1H3,(H,9,11). The number of aromatic nitrogens is 1. The lowest BCUT2D eigenvalue weighted by Gasteiger charge is -1.97. The number of rotatable bonds is 1. The molecule has 56 valence electrons. The highest BCUT2D eigenvalue weighted by Gasteiger charge is 2.05. The molecule has 1 aromatic rings. The predicted octanol–water partition coefficient (Wildman–Crippen LogP) is 0.236. The molecular weight excluding hydrogens is 142 g/mol. The van der Waals surface area contributed by atoms with E-state index >= 15 is 0 Å². The summed E-state index contributed by atoms with van der Waals surface area (Å²) in [7, 11) is 1.74. The maximum absolute atomic E-state index is 11.0. The third-order valence-corrected chi connectivity index (χ3v) is 1.35. The van der Waals surface area contributed by atoms with E-state index in [4.69, 9.17) is 5.26 Å². The van der Waals surface area contributed by atoms with E-state index in [0.29, 0.717) is 5.69 Å². The van der Waals surface area contributed by atoms with Crippen molar-refractivity contribution in [3.05, 3.63) is 24.0 Å². The zero-order valence-corrected chi connectivity index (χ0v) is 6.03. The molecular formula is C7H7N3O. The highest BCUT2D eigenvalue weighted by atomic mass is 16.1. The molecule has 4 nitrogen and oxygen atoms in total. The third-order valence-electron chi connectivity index (χ3n) is 1.35. The van der Waals surface area contributed by atoms with E-state index in [0.717, 1.165) is 0 Å². The quantitative estimate of drug-likeness (QED) is 0.459. The molecule has 1 aromatic heterocycles.